The molecule has 0 saturated heterocycles. The Morgan fingerprint density at radius 1 is 1.28 bits per heavy atom. The first-order valence-corrected chi connectivity index (χ1v) is 5.15. The Bertz CT molecular complexity index is 641. The number of benzene rings is 1. The zero-order valence-corrected chi connectivity index (χ0v) is 9.64. The molecule has 2 N–H and O–H groups in total. The zero-order valence-electron chi connectivity index (χ0n) is 9.64. The van der Waals surface area contributed by atoms with E-state index in [4.69, 9.17) is 5.11 Å². The molecule has 2 aromatic rings. The number of carboxylic acids is 1. The lowest BCUT2D eigenvalue weighted by Gasteiger charge is -2.04. The number of carboxylic acid groups (broad SMARTS) is 1. The lowest BCUT2D eigenvalue weighted by molar-refractivity contribution is -0.141. The first-order chi connectivity index (χ1) is 8.21. The number of aromatic nitrogens is 1. The molecule has 96 valence electrons. The standard InChI is InChI=1S/C12H10F3NO2/c1-5-3-6(2)9-7(4-5)8(11(17)18)10(16-9)12(13,14)15/h3-4,16H,1-2H3,(H,17,18). The van der Waals surface area contributed by atoms with Gasteiger partial charge in [0.1, 0.15) is 5.69 Å². The number of alkyl halides is 3. The van der Waals surface area contributed by atoms with Crippen molar-refractivity contribution in [2.75, 3.05) is 0 Å². The van der Waals surface area contributed by atoms with Crippen molar-refractivity contribution < 1.29 is 23.1 Å². The highest BCUT2D eigenvalue weighted by Gasteiger charge is 2.38. The molecule has 1 aromatic heterocycles. The van der Waals surface area contributed by atoms with Gasteiger partial charge in [0.15, 0.2) is 0 Å². The van der Waals surface area contributed by atoms with E-state index in [-0.39, 0.29) is 10.9 Å². The molecule has 1 aromatic carbocycles. The summed E-state index contributed by atoms with van der Waals surface area (Å²) in [6, 6.07) is 3.14. The summed E-state index contributed by atoms with van der Waals surface area (Å²) in [5.41, 5.74) is -0.411. The average molecular weight is 257 g/mol. The number of nitrogens with one attached hydrogen (secondary N) is 1. The van der Waals surface area contributed by atoms with Crippen LogP contribution in [0.3, 0.4) is 0 Å². The Morgan fingerprint density at radius 2 is 1.89 bits per heavy atom. The Labute approximate surface area is 100 Å². The van der Waals surface area contributed by atoms with Crippen LogP contribution in [-0.4, -0.2) is 16.1 Å². The molecule has 1 heterocycles. The molecular formula is C12H10F3NO2. The van der Waals surface area contributed by atoms with Crippen LogP contribution in [0, 0.1) is 13.8 Å². The monoisotopic (exact) mass is 257 g/mol. The molecule has 0 spiro atoms. The summed E-state index contributed by atoms with van der Waals surface area (Å²) >= 11 is 0. The highest BCUT2D eigenvalue weighted by atomic mass is 19.4. The molecule has 0 aliphatic heterocycles. The number of aromatic carboxylic acids is 1. The number of aromatic amines is 1. The summed E-state index contributed by atoms with van der Waals surface area (Å²) in [6.07, 6.45) is -4.72. The van der Waals surface area contributed by atoms with E-state index < -0.39 is 23.4 Å². The van der Waals surface area contributed by atoms with Crippen LogP contribution in [0.1, 0.15) is 27.2 Å². The minimum Gasteiger partial charge on any atom is -0.478 e. The summed E-state index contributed by atoms with van der Waals surface area (Å²) in [5, 5.41) is 9.07. The number of hydrogen-bond donors (Lipinski definition) is 2. The van der Waals surface area contributed by atoms with Gasteiger partial charge in [-0.25, -0.2) is 4.79 Å². The molecule has 2 rings (SSSR count). The van der Waals surface area contributed by atoms with Crippen molar-refractivity contribution in [3.8, 4) is 0 Å². The fourth-order valence-corrected chi connectivity index (χ4v) is 2.09. The molecule has 6 heteroatoms. The summed E-state index contributed by atoms with van der Waals surface area (Å²) < 4.78 is 38.4. The van der Waals surface area contributed by atoms with Crippen molar-refractivity contribution in [3.05, 3.63) is 34.5 Å². The largest absolute Gasteiger partial charge is 0.478 e. The normalized spacial score (nSPS) is 12.1. The van der Waals surface area contributed by atoms with Crippen LogP contribution in [-0.2, 0) is 6.18 Å². The van der Waals surface area contributed by atoms with Crippen LogP contribution in [0.15, 0.2) is 12.1 Å². The minimum absolute atomic E-state index is 0.0901. The molecule has 0 aliphatic carbocycles. The van der Waals surface area contributed by atoms with Crippen LogP contribution in [0.2, 0.25) is 0 Å². The van der Waals surface area contributed by atoms with Gasteiger partial charge in [-0.3, -0.25) is 0 Å². The summed E-state index contributed by atoms with van der Waals surface area (Å²) in [6.45, 7) is 3.34. The third-order valence-electron chi connectivity index (χ3n) is 2.75. The zero-order chi connectivity index (χ0) is 13.7. The van der Waals surface area contributed by atoms with Gasteiger partial charge >= 0.3 is 12.1 Å². The van der Waals surface area contributed by atoms with E-state index in [2.05, 4.69) is 4.98 Å². The second-order valence-corrected chi connectivity index (χ2v) is 4.18. The molecule has 0 saturated carbocycles. The van der Waals surface area contributed by atoms with Gasteiger partial charge < -0.3 is 10.1 Å². The van der Waals surface area contributed by atoms with E-state index in [0.717, 1.165) is 5.56 Å². The van der Waals surface area contributed by atoms with Gasteiger partial charge in [0.2, 0.25) is 0 Å². The maximum atomic E-state index is 12.8. The molecule has 0 amide bonds. The van der Waals surface area contributed by atoms with Crippen LogP contribution in [0.25, 0.3) is 10.9 Å². The fraction of sp³-hybridized carbons (Fsp3) is 0.250. The first kappa shape index (κ1) is 12.5. The quantitative estimate of drug-likeness (QED) is 0.821. The smallest absolute Gasteiger partial charge is 0.432 e. The Morgan fingerprint density at radius 3 is 2.39 bits per heavy atom. The summed E-state index contributed by atoms with van der Waals surface area (Å²) in [5.74, 6) is -1.58. The average Bonchev–Trinajstić information content (AvgIpc) is 2.55. The Balaban J connectivity index is 2.93. The highest BCUT2D eigenvalue weighted by molar-refractivity contribution is 6.05. The van der Waals surface area contributed by atoms with Crippen molar-refractivity contribution in [2.24, 2.45) is 0 Å². The van der Waals surface area contributed by atoms with Crippen molar-refractivity contribution in [1.29, 1.82) is 0 Å². The molecule has 0 fully saturated rings. The number of rotatable bonds is 1. The number of hydrogen-bond acceptors (Lipinski definition) is 1. The van der Waals surface area contributed by atoms with E-state index in [0.29, 0.717) is 5.56 Å². The molecule has 0 atom stereocenters. The van der Waals surface area contributed by atoms with Gasteiger partial charge in [0.25, 0.3) is 0 Å². The number of aryl methyl sites for hydroxylation is 2. The van der Waals surface area contributed by atoms with E-state index in [1.165, 1.54) is 6.07 Å². The maximum absolute atomic E-state index is 12.8. The van der Waals surface area contributed by atoms with E-state index in [1.54, 1.807) is 19.9 Å². The van der Waals surface area contributed by atoms with Crippen LogP contribution >= 0.6 is 0 Å². The highest BCUT2D eigenvalue weighted by Crippen LogP contribution is 2.36. The van der Waals surface area contributed by atoms with Gasteiger partial charge in [-0.05, 0) is 25.5 Å². The Hall–Kier alpha value is -1.98. The maximum Gasteiger partial charge on any atom is 0.432 e. The molecule has 0 aliphatic rings. The first-order valence-electron chi connectivity index (χ1n) is 5.15. The van der Waals surface area contributed by atoms with Gasteiger partial charge in [-0.1, -0.05) is 11.6 Å². The molecule has 3 nitrogen and oxygen atoms in total. The minimum atomic E-state index is -4.72. The van der Waals surface area contributed by atoms with Crippen LogP contribution in [0.4, 0.5) is 13.2 Å². The van der Waals surface area contributed by atoms with Gasteiger partial charge in [0.05, 0.1) is 5.56 Å². The SMILES string of the molecule is Cc1cc(C)c2[nH]c(C(F)(F)F)c(C(=O)O)c2c1. The van der Waals surface area contributed by atoms with Gasteiger partial charge in [0, 0.05) is 10.9 Å². The fourth-order valence-electron chi connectivity index (χ4n) is 2.09. The molecule has 0 unspecified atom stereocenters. The molecule has 0 bridgehead atoms. The van der Waals surface area contributed by atoms with E-state index >= 15 is 0 Å². The van der Waals surface area contributed by atoms with Crippen LogP contribution in [0.5, 0.6) is 0 Å². The van der Waals surface area contributed by atoms with Crippen molar-refractivity contribution in [1.82, 2.24) is 4.98 Å². The van der Waals surface area contributed by atoms with Gasteiger partial charge in [-0.15, -0.1) is 0 Å². The lowest BCUT2D eigenvalue weighted by atomic mass is 10.0. The van der Waals surface area contributed by atoms with Crippen molar-refractivity contribution in [3.63, 3.8) is 0 Å². The topological polar surface area (TPSA) is 53.1 Å². The number of H-pyrrole nitrogens is 1. The van der Waals surface area contributed by atoms with Crippen LogP contribution < -0.4 is 0 Å². The predicted octanol–water partition coefficient (Wildman–Crippen LogP) is 3.50. The predicted molar refractivity (Wildman–Crippen MR) is 59.7 cm³/mol. The summed E-state index contributed by atoms with van der Waals surface area (Å²) in [7, 11) is 0. The lowest BCUT2D eigenvalue weighted by Crippen LogP contribution is -2.11. The number of fused-ring (bicyclic) bond motifs is 1. The second kappa shape index (κ2) is 3.76. The summed E-state index contributed by atoms with van der Waals surface area (Å²) in [4.78, 5) is 13.2. The van der Waals surface area contributed by atoms with Crippen molar-refractivity contribution in [2.45, 2.75) is 20.0 Å². The molecular weight excluding hydrogens is 247 g/mol. The molecule has 0 radical (unpaired) electrons. The van der Waals surface area contributed by atoms with Crippen molar-refractivity contribution >= 4 is 16.9 Å². The molecule has 18 heavy (non-hydrogen) atoms. The third-order valence-corrected chi connectivity index (χ3v) is 2.75. The number of carbonyl (C=O) groups is 1. The van der Waals surface area contributed by atoms with E-state index in [1.807, 2.05) is 0 Å². The number of halogens is 3. The van der Waals surface area contributed by atoms with E-state index in [9.17, 15) is 18.0 Å². The second-order valence-electron chi connectivity index (χ2n) is 4.18. The van der Waals surface area contributed by atoms with Gasteiger partial charge in [-0.2, -0.15) is 13.2 Å². The third kappa shape index (κ3) is 1.83. The Kier molecular flexibility index (Phi) is 2.61.